The average Bonchev–Trinajstić information content (AvgIpc) is 3.07. The molecule has 2 heterocycles. The number of H-pyrrole nitrogens is 1. The number of hydrogen-bond acceptors (Lipinski definition) is 5. The fourth-order valence-corrected chi connectivity index (χ4v) is 3.65. The van der Waals surface area contributed by atoms with E-state index < -0.39 is 11.2 Å². The lowest BCUT2D eigenvalue weighted by Crippen LogP contribution is -2.31. The molecule has 1 aliphatic rings. The highest BCUT2D eigenvalue weighted by Crippen LogP contribution is 2.23. The minimum absolute atomic E-state index is 0.00123. The summed E-state index contributed by atoms with van der Waals surface area (Å²) in [6.45, 7) is 4.30. The van der Waals surface area contributed by atoms with Crippen LogP contribution in [-0.2, 0) is 11.3 Å². The van der Waals surface area contributed by atoms with Crippen molar-refractivity contribution in [2.75, 3.05) is 6.54 Å². The molecule has 3 rings (SSSR count). The first-order valence-electron chi connectivity index (χ1n) is 10.6. The molecule has 2 aromatic rings. The highest BCUT2D eigenvalue weighted by Gasteiger charge is 2.17. The van der Waals surface area contributed by atoms with Crippen molar-refractivity contribution in [2.45, 2.75) is 52.5 Å². The number of amides is 1. The molecule has 0 radical (unpaired) electrons. The molecule has 8 heteroatoms. The number of carbonyl (C=O) groups excluding carboxylic acids is 1. The van der Waals surface area contributed by atoms with E-state index in [-0.39, 0.29) is 17.4 Å². The van der Waals surface area contributed by atoms with E-state index in [1.165, 1.54) is 17.6 Å². The van der Waals surface area contributed by atoms with Crippen LogP contribution in [0.25, 0.3) is 11.6 Å². The molecule has 31 heavy (non-hydrogen) atoms. The Morgan fingerprint density at radius 2 is 2.00 bits per heavy atom. The SMILES string of the molecule is CCCCCCn1c(O)c(C=C2N=c3ccccc3=C2CCNC(C)=O)c(=O)[nH]c1=O. The number of nitrogens with zero attached hydrogens (tertiary/aromatic N) is 2. The van der Waals surface area contributed by atoms with E-state index in [0.29, 0.717) is 25.2 Å². The number of benzene rings is 1. The van der Waals surface area contributed by atoms with Crippen LogP contribution in [0, 0.1) is 0 Å². The standard InChI is InChI=1S/C23H28N4O4/c1-3-4-5-8-13-27-22(30)18(21(29)26-23(27)31)14-20-17(11-12-24-15(2)28)16-9-6-7-10-19(16)25-20/h6-7,9-10,14,30H,3-5,8,11-13H2,1-2H3,(H,24,28)(H,26,29,31). The van der Waals surface area contributed by atoms with Gasteiger partial charge in [0, 0.05) is 25.2 Å². The van der Waals surface area contributed by atoms with Gasteiger partial charge < -0.3 is 10.4 Å². The lowest BCUT2D eigenvalue weighted by atomic mass is 10.1. The largest absolute Gasteiger partial charge is 0.494 e. The van der Waals surface area contributed by atoms with Gasteiger partial charge in [-0.3, -0.25) is 19.1 Å². The topological polar surface area (TPSA) is 117 Å². The number of rotatable bonds is 9. The van der Waals surface area contributed by atoms with Crippen LogP contribution in [0.15, 0.2) is 44.5 Å². The second-order valence-electron chi connectivity index (χ2n) is 7.58. The highest BCUT2D eigenvalue weighted by molar-refractivity contribution is 5.77. The zero-order valence-corrected chi connectivity index (χ0v) is 17.9. The smallest absolute Gasteiger partial charge is 0.331 e. The fraction of sp³-hybridized carbons (Fsp3) is 0.391. The van der Waals surface area contributed by atoms with Gasteiger partial charge in [-0.15, -0.1) is 0 Å². The van der Waals surface area contributed by atoms with Crippen LogP contribution >= 0.6 is 0 Å². The van der Waals surface area contributed by atoms with Crippen molar-refractivity contribution in [3.63, 3.8) is 0 Å². The number of aromatic nitrogens is 2. The molecule has 8 nitrogen and oxygen atoms in total. The molecule has 0 spiro atoms. The number of unbranched alkanes of at least 4 members (excludes halogenated alkanes) is 3. The van der Waals surface area contributed by atoms with E-state index in [2.05, 4.69) is 22.2 Å². The summed E-state index contributed by atoms with van der Waals surface area (Å²) in [5, 5.41) is 15.2. The summed E-state index contributed by atoms with van der Waals surface area (Å²) in [6.07, 6.45) is 5.79. The molecule has 0 unspecified atom stereocenters. The van der Waals surface area contributed by atoms with E-state index >= 15 is 0 Å². The molecule has 0 aliphatic carbocycles. The Balaban J connectivity index is 2.01. The third-order valence-electron chi connectivity index (χ3n) is 5.25. The molecule has 0 fully saturated rings. The van der Waals surface area contributed by atoms with Crippen LogP contribution < -0.4 is 27.1 Å². The number of carbonyl (C=O) groups is 1. The number of aromatic hydroxyl groups is 1. The summed E-state index contributed by atoms with van der Waals surface area (Å²) in [6, 6.07) is 7.57. The third kappa shape index (κ3) is 5.20. The van der Waals surface area contributed by atoms with Gasteiger partial charge >= 0.3 is 5.69 Å². The van der Waals surface area contributed by atoms with Gasteiger partial charge in [0.2, 0.25) is 11.8 Å². The zero-order valence-electron chi connectivity index (χ0n) is 17.9. The Hall–Kier alpha value is -3.42. The van der Waals surface area contributed by atoms with E-state index in [9.17, 15) is 19.5 Å². The number of nitrogens with one attached hydrogen (secondary N) is 2. The Morgan fingerprint density at radius 3 is 2.74 bits per heavy atom. The van der Waals surface area contributed by atoms with Crippen LogP contribution in [0.4, 0.5) is 0 Å². The second kappa shape index (κ2) is 10.1. The van der Waals surface area contributed by atoms with Crippen molar-refractivity contribution in [1.29, 1.82) is 0 Å². The predicted octanol–water partition coefficient (Wildman–Crippen LogP) is 1.17. The maximum absolute atomic E-state index is 12.5. The summed E-state index contributed by atoms with van der Waals surface area (Å²) >= 11 is 0. The van der Waals surface area contributed by atoms with Crippen molar-refractivity contribution in [1.82, 2.24) is 14.9 Å². The van der Waals surface area contributed by atoms with Crippen molar-refractivity contribution < 1.29 is 9.90 Å². The summed E-state index contributed by atoms with van der Waals surface area (Å²) in [5.74, 6) is -0.483. The summed E-state index contributed by atoms with van der Waals surface area (Å²) in [5.41, 5.74) is 0.112. The maximum atomic E-state index is 12.5. The summed E-state index contributed by atoms with van der Waals surface area (Å²) < 4.78 is 1.20. The van der Waals surface area contributed by atoms with Crippen LogP contribution in [0.3, 0.4) is 0 Å². The van der Waals surface area contributed by atoms with Gasteiger partial charge in [0.05, 0.1) is 11.1 Å². The van der Waals surface area contributed by atoms with Gasteiger partial charge in [-0.05, 0) is 30.6 Å². The Bertz CT molecular complexity index is 1240. The van der Waals surface area contributed by atoms with Crippen LogP contribution in [0.5, 0.6) is 5.88 Å². The van der Waals surface area contributed by atoms with E-state index in [1.807, 2.05) is 24.3 Å². The minimum atomic E-state index is -0.660. The van der Waals surface area contributed by atoms with Gasteiger partial charge in [-0.1, -0.05) is 44.4 Å². The molecule has 1 aromatic carbocycles. The molecular formula is C23H28N4O4. The molecule has 1 aliphatic heterocycles. The maximum Gasteiger partial charge on any atom is 0.331 e. The second-order valence-corrected chi connectivity index (χ2v) is 7.58. The monoisotopic (exact) mass is 424 g/mol. The first-order valence-corrected chi connectivity index (χ1v) is 10.6. The van der Waals surface area contributed by atoms with E-state index in [1.54, 1.807) is 0 Å². The van der Waals surface area contributed by atoms with Gasteiger partial charge in [0.1, 0.15) is 5.56 Å². The Kier molecular flexibility index (Phi) is 7.23. The number of aromatic amines is 1. The van der Waals surface area contributed by atoms with Crippen molar-refractivity contribution >= 4 is 17.6 Å². The highest BCUT2D eigenvalue weighted by atomic mass is 16.3. The molecule has 1 aromatic heterocycles. The first-order chi connectivity index (χ1) is 14.9. The van der Waals surface area contributed by atoms with Crippen LogP contribution in [0.1, 0.15) is 51.5 Å². The van der Waals surface area contributed by atoms with Crippen LogP contribution in [-0.4, -0.2) is 27.1 Å². The zero-order chi connectivity index (χ0) is 22.4. The van der Waals surface area contributed by atoms with Gasteiger partial charge in [0.25, 0.3) is 5.56 Å². The Labute approximate surface area is 179 Å². The number of fused-ring (bicyclic) bond motifs is 1. The number of hydrogen-bond donors (Lipinski definition) is 3. The lowest BCUT2D eigenvalue weighted by Gasteiger charge is -2.10. The first kappa shape index (κ1) is 22.3. The average molecular weight is 425 g/mol. The minimum Gasteiger partial charge on any atom is -0.494 e. The van der Waals surface area contributed by atoms with E-state index in [4.69, 9.17) is 0 Å². The normalized spacial score (nSPS) is 13.9. The van der Waals surface area contributed by atoms with Crippen molar-refractivity contribution in [2.24, 2.45) is 4.99 Å². The lowest BCUT2D eigenvalue weighted by molar-refractivity contribution is -0.118. The molecule has 0 atom stereocenters. The van der Waals surface area contributed by atoms with Crippen molar-refractivity contribution in [3.8, 4) is 5.88 Å². The van der Waals surface area contributed by atoms with Crippen LogP contribution in [0.2, 0.25) is 0 Å². The van der Waals surface area contributed by atoms with Gasteiger partial charge in [-0.25, -0.2) is 9.79 Å². The number of para-hydroxylation sites is 1. The quantitative estimate of drug-likeness (QED) is 0.524. The fourth-order valence-electron chi connectivity index (χ4n) is 3.65. The Morgan fingerprint density at radius 1 is 1.23 bits per heavy atom. The van der Waals surface area contributed by atoms with Gasteiger partial charge in [-0.2, -0.15) is 0 Å². The predicted molar refractivity (Wildman–Crippen MR) is 119 cm³/mol. The van der Waals surface area contributed by atoms with Crippen molar-refractivity contribution in [3.05, 3.63) is 66.9 Å². The third-order valence-corrected chi connectivity index (χ3v) is 5.25. The molecule has 0 saturated heterocycles. The molecule has 1 amide bonds. The van der Waals surface area contributed by atoms with E-state index in [0.717, 1.165) is 41.8 Å². The summed E-state index contributed by atoms with van der Waals surface area (Å²) in [7, 11) is 0. The number of allylic oxidation sites excluding steroid dienone is 1. The molecule has 0 saturated carbocycles. The summed E-state index contributed by atoms with van der Waals surface area (Å²) in [4.78, 5) is 42.9. The van der Waals surface area contributed by atoms with Gasteiger partial charge in [0.15, 0.2) is 0 Å². The molecule has 3 N–H and O–H groups in total. The molecule has 164 valence electrons. The molecular weight excluding hydrogens is 396 g/mol. The molecule has 0 bridgehead atoms.